The lowest BCUT2D eigenvalue weighted by atomic mass is 10.1. The van der Waals surface area contributed by atoms with Crippen molar-refractivity contribution in [2.75, 3.05) is 6.54 Å². The molecule has 1 atom stereocenters. The highest BCUT2D eigenvalue weighted by molar-refractivity contribution is 5.23. The molecule has 0 aliphatic heterocycles. The third-order valence-electron chi connectivity index (χ3n) is 2.36. The summed E-state index contributed by atoms with van der Waals surface area (Å²) >= 11 is 0. The Morgan fingerprint density at radius 3 is 2.73 bits per heavy atom. The molecule has 3 N–H and O–H groups in total. The molecule has 15 heavy (non-hydrogen) atoms. The normalized spacial score (nSPS) is 12.8. The number of nitrogens with one attached hydrogen (secondary N) is 1. The number of hydrogen-bond donors (Lipinski definition) is 2. The number of aryl methyl sites for hydroxylation is 1. The fourth-order valence-corrected chi connectivity index (χ4v) is 1.56. The van der Waals surface area contributed by atoms with Gasteiger partial charge in [0.15, 0.2) is 0 Å². The largest absolute Gasteiger partial charge is 0.330 e. The minimum absolute atomic E-state index is 0.168. The zero-order valence-corrected chi connectivity index (χ0v) is 9.39. The van der Waals surface area contributed by atoms with E-state index in [2.05, 4.69) is 12.2 Å². The summed E-state index contributed by atoms with van der Waals surface area (Å²) in [6, 6.07) is 5.46. The molecular formula is C12H19FN2. The molecule has 0 aliphatic carbocycles. The number of benzene rings is 1. The number of nitrogens with two attached hydrogens (primary N) is 1. The average Bonchev–Trinajstić information content (AvgIpc) is 2.14. The minimum Gasteiger partial charge on any atom is -0.330 e. The summed E-state index contributed by atoms with van der Waals surface area (Å²) in [5, 5.41) is 3.31. The average molecular weight is 210 g/mol. The molecule has 0 heterocycles. The Bertz CT molecular complexity index is 292. The number of hydrogen-bond acceptors (Lipinski definition) is 2. The molecule has 0 spiro atoms. The lowest BCUT2D eigenvalue weighted by Gasteiger charge is -2.12. The molecule has 0 amide bonds. The Morgan fingerprint density at radius 1 is 1.40 bits per heavy atom. The molecule has 2 nitrogen and oxygen atoms in total. The van der Waals surface area contributed by atoms with Crippen molar-refractivity contribution in [2.45, 2.75) is 32.9 Å². The van der Waals surface area contributed by atoms with E-state index in [4.69, 9.17) is 5.73 Å². The highest BCUT2D eigenvalue weighted by Gasteiger charge is 2.01. The molecule has 84 valence electrons. The predicted octanol–water partition coefficient (Wildman–Crippen LogP) is 1.96. The summed E-state index contributed by atoms with van der Waals surface area (Å²) in [5.41, 5.74) is 7.39. The fourth-order valence-electron chi connectivity index (χ4n) is 1.56. The van der Waals surface area contributed by atoms with Gasteiger partial charge in [0.05, 0.1) is 0 Å². The Morgan fingerprint density at radius 2 is 2.13 bits per heavy atom. The van der Waals surface area contributed by atoms with Gasteiger partial charge in [0.2, 0.25) is 0 Å². The van der Waals surface area contributed by atoms with Crippen LogP contribution in [-0.2, 0) is 6.54 Å². The first-order valence-corrected chi connectivity index (χ1v) is 5.31. The van der Waals surface area contributed by atoms with Crippen LogP contribution in [0.5, 0.6) is 0 Å². The van der Waals surface area contributed by atoms with Gasteiger partial charge in [-0.15, -0.1) is 0 Å². The van der Waals surface area contributed by atoms with Crippen LogP contribution in [-0.4, -0.2) is 12.6 Å². The molecule has 0 bridgehead atoms. The molecule has 0 aromatic heterocycles. The van der Waals surface area contributed by atoms with Gasteiger partial charge in [0.1, 0.15) is 5.82 Å². The van der Waals surface area contributed by atoms with E-state index in [0.717, 1.165) is 17.5 Å². The Labute approximate surface area is 90.7 Å². The van der Waals surface area contributed by atoms with Gasteiger partial charge in [-0.25, -0.2) is 4.39 Å². The van der Waals surface area contributed by atoms with Crippen LogP contribution in [0.1, 0.15) is 24.5 Å². The minimum atomic E-state index is -0.168. The first-order valence-electron chi connectivity index (χ1n) is 5.31. The van der Waals surface area contributed by atoms with Gasteiger partial charge in [-0.1, -0.05) is 6.07 Å². The Hall–Kier alpha value is -0.930. The molecule has 0 saturated heterocycles. The van der Waals surface area contributed by atoms with Crippen molar-refractivity contribution in [3.63, 3.8) is 0 Å². The molecule has 3 heteroatoms. The predicted molar refractivity (Wildman–Crippen MR) is 61.1 cm³/mol. The lowest BCUT2D eigenvalue weighted by Crippen LogP contribution is -2.27. The van der Waals surface area contributed by atoms with Crippen LogP contribution in [0.15, 0.2) is 18.2 Å². The summed E-state index contributed by atoms with van der Waals surface area (Å²) in [7, 11) is 0. The number of rotatable bonds is 5. The van der Waals surface area contributed by atoms with Gasteiger partial charge in [-0.05, 0) is 50.1 Å². The third kappa shape index (κ3) is 4.40. The highest BCUT2D eigenvalue weighted by atomic mass is 19.1. The standard InChI is InChI=1S/C12H19FN2/c1-9-5-11(7-12(13)6-9)8-15-10(2)3-4-14/h5-7,10,15H,3-4,8,14H2,1-2H3. The highest BCUT2D eigenvalue weighted by Crippen LogP contribution is 2.08. The van der Waals surface area contributed by atoms with E-state index in [1.807, 2.05) is 13.0 Å². The molecule has 0 radical (unpaired) electrons. The van der Waals surface area contributed by atoms with Gasteiger partial charge in [0, 0.05) is 12.6 Å². The second-order valence-corrected chi connectivity index (χ2v) is 4.00. The Kier molecular flexibility index (Phi) is 4.72. The van der Waals surface area contributed by atoms with E-state index in [1.165, 1.54) is 6.07 Å². The van der Waals surface area contributed by atoms with Crippen LogP contribution in [0.2, 0.25) is 0 Å². The third-order valence-corrected chi connectivity index (χ3v) is 2.36. The quantitative estimate of drug-likeness (QED) is 0.779. The first kappa shape index (κ1) is 12.1. The zero-order chi connectivity index (χ0) is 11.3. The summed E-state index contributed by atoms with van der Waals surface area (Å²) in [4.78, 5) is 0. The van der Waals surface area contributed by atoms with Crippen molar-refractivity contribution in [1.29, 1.82) is 0 Å². The second-order valence-electron chi connectivity index (χ2n) is 4.00. The summed E-state index contributed by atoms with van der Waals surface area (Å²) < 4.78 is 13.1. The van der Waals surface area contributed by atoms with Crippen LogP contribution >= 0.6 is 0 Å². The molecule has 1 aromatic rings. The molecule has 0 aliphatic rings. The van der Waals surface area contributed by atoms with E-state index in [9.17, 15) is 4.39 Å². The summed E-state index contributed by atoms with van der Waals surface area (Å²) in [5.74, 6) is -0.168. The van der Waals surface area contributed by atoms with Crippen LogP contribution in [0, 0.1) is 12.7 Å². The van der Waals surface area contributed by atoms with Gasteiger partial charge >= 0.3 is 0 Å². The first-order chi connectivity index (χ1) is 7.11. The smallest absolute Gasteiger partial charge is 0.123 e. The van der Waals surface area contributed by atoms with Crippen molar-refractivity contribution in [2.24, 2.45) is 5.73 Å². The van der Waals surface area contributed by atoms with Gasteiger partial charge in [-0.3, -0.25) is 0 Å². The summed E-state index contributed by atoms with van der Waals surface area (Å²) in [6.07, 6.45) is 0.939. The lowest BCUT2D eigenvalue weighted by molar-refractivity contribution is 0.518. The number of halogens is 1. The van der Waals surface area contributed by atoms with Crippen molar-refractivity contribution in [3.8, 4) is 0 Å². The SMILES string of the molecule is Cc1cc(F)cc(CNC(C)CCN)c1. The van der Waals surface area contributed by atoms with E-state index >= 15 is 0 Å². The van der Waals surface area contributed by atoms with Gasteiger partial charge in [0.25, 0.3) is 0 Å². The monoisotopic (exact) mass is 210 g/mol. The topological polar surface area (TPSA) is 38.0 Å². The van der Waals surface area contributed by atoms with Crippen LogP contribution < -0.4 is 11.1 Å². The Balaban J connectivity index is 2.50. The van der Waals surface area contributed by atoms with E-state index in [1.54, 1.807) is 6.07 Å². The van der Waals surface area contributed by atoms with Crippen molar-refractivity contribution in [1.82, 2.24) is 5.32 Å². The molecule has 1 aromatic carbocycles. The van der Waals surface area contributed by atoms with E-state index in [-0.39, 0.29) is 5.82 Å². The second kappa shape index (κ2) is 5.83. The fraction of sp³-hybridized carbons (Fsp3) is 0.500. The maximum Gasteiger partial charge on any atom is 0.123 e. The molecule has 0 saturated carbocycles. The molecule has 1 unspecified atom stereocenters. The van der Waals surface area contributed by atoms with Gasteiger partial charge in [-0.2, -0.15) is 0 Å². The zero-order valence-electron chi connectivity index (χ0n) is 9.39. The van der Waals surface area contributed by atoms with Crippen molar-refractivity contribution >= 4 is 0 Å². The molecular weight excluding hydrogens is 191 g/mol. The summed E-state index contributed by atoms with van der Waals surface area (Å²) in [6.45, 7) is 5.35. The van der Waals surface area contributed by atoms with Crippen LogP contribution in [0.3, 0.4) is 0 Å². The molecule has 1 rings (SSSR count). The van der Waals surface area contributed by atoms with E-state index in [0.29, 0.717) is 19.1 Å². The maximum atomic E-state index is 13.1. The van der Waals surface area contributed by atoms with Crippen molar-refractivity contribution < 1.29 is 4.39 Å². The van der Waals surface area contributed by atoms with Crippen LogP contribution in [0.25, 0.3) is 0 Å². The van der Waals surface area contributed by atoms with E-state index < -0.39 is 0 Å². The van der Waals surface area contributed by atoms with Crippen molar-refractivity contribution in [3.05, 3.63) is 35.1 Å². The van der Waals surface area contributed by atoms with Gasteiger partial charge < -0.3 is 11.1 Å². The maximum absolute atomic E-state index is 13.1. The molecule has 0 fully saturated rings. The van der Waals surface area contributed by atoms with Crippen LogP contribution in [0.4, 0.5) is 4.39 Å².